The molecule has 1 aliphatic carbocycles. The Kier molecular flexibility index (Phi) is 4.62. The molecule has 0 unspecified atom stereocenters. The van der Waals surface area contributed by atoms with E-state index in [1.807, 2.05) is 35.0 Å². The van der Waals surface area contributed by atoms with E-state index in [0.29, 0.717) is 18.4 Å². The Morgan fingerprint density at radius 3 is 2.73 bits per heavy atom. The average molecular weight is 300 g/mol. The van der Waals surface area contributed by atoms with Gasteiger partial charge < -0.3 is 10.6 Å². The topological polar surface area (TPSA) is 84.7 Å². The molecule has 1 aromatic carbocycles. The van der Waals surface area contributed by atoms with Gasteiger partial charge in [0, 0.05) is 5.69 Å². The Balaban J connectivity index is 1.55. The SMILES string of the molecule is O=C(NCc1nnnn1C1CCCCC1)Nc1ccccc1. The van der Waals surface area contributed by atoms with Gasteiger partial charge in [0.1, 0.15) is 0 Å². The number of anilines is 1. The molecule has 116 valence electrons. The third-order valence-corrected chi connectivity index (χ3v) is 3.92. The van der Waals surface area contributed by atoms with Gasteiger partial charge in [-0.25, -0.2) is 9.48 Å². The van der Waals surface area contributed by atoms with Crippen molar-refractivity contribution < 1.29 is 4.79 Å². The van der Waals surface area contributed by atoms with Crippen LogP contribution in [0.15, 0.2) is 30.3 Å². The van der Waals surface area contributed by atoms with Crippen LogP contribution in [0, 0.1) is 0 Å². The number of hydrogen-bond donors (Lipinski definition) is 2. The molecule has 7 heteroatoms. The molecule has 0 saturated heterocycles. The molecule has 1 aliphatic rings. The van der Waals surface area contributed by atoms with E-state index in [-0.39, 0.29) is 6.03 Å². The first-order chi connectivity index (χ1) is 10.8. The Bertz CT molecular complexity index is 606. The fraction of sp³-hybridized carbons (Fsp3) is 0.467. The Morgan fingerprint density at radius 1 is 1.18 bits per heavy atom. The quantitative estimate of drug-likeness (QED) is 0.908. The predicted octanol–water partition coefficient (Wildman–Crippen LogP) is 2.50. The van der Waals surface area contributed by atoms with Crippen molar-refractivity contribution in [3.63, 3.8) is 0 Å². The highest BCUT2D eigenvalue weighted by molar-refractivity contribution is 5.89. The van der Waals surface area contributed by atoms with Crippen molar-refractivity contribution in [2.75, 3.05) is 5.32 Å². The molecule has 1 saturated carbocycles. The van der Waals surface area contributed by atoms with E-state index < -0.39 is 0 Å². The van der Waals surface area contributed by atoms with E-state index in [0.717, 1.165) is 18.5 Å². The third kappa shape index (κ3) is 3.60. The molecule has 22 heavy (non-hydrogen) atoms. The normalized spacial score (nSPS) is 15.5. The minimum absolute atomic E-state index is 0.260. The first-order valence-electron chi connectivity index (χ1n) is 7.69. The van der Waals surface area contributed by atoms with E-state index in [1.54, 1.807) is 0 Å². The lowest BCUT2D eigenvalue weighted by Gasteiger charge is -2.22. The highest BCUT2D eigenvalue weighted by Crippen LogP contribution is 2.27. The Labute approximate surface area is 129 Å². The van der Waals surface area contributed by atoms with Gasteiger partial charge in [-0.15, -0.1) is 5.10 Å². The maximum absolute atomic E-state index is 11.9. The van der Waals surface area contributed by atoms with Crippen LogP contribution >= 0.6 is 0 Å². The summed E-state index contributed by atoms with van der Waals surface area (Å²) < 4.78 is 1.86. The third-order valence-electron chi connectivity index (χ3n) is 3.92. The largest absolute Gasteiger partial charge is 0.331 e. The zero-order chi connectivity index (χ0) is 15.2. The summed E-state index contributed by atoms with van der Waals surface area (Å²) in [6, 6.07) is 9.43. The Hall–Kier alpha value is -2.44. The van der Waals surface area contributed by atoms with E-state index in [2.05, 4.69) is 26.2 Å². The van der Waals surface area contributed by atoms with Crippen molar-refractivity contribution in [3.05, 3.63) is 36.2 Å². The zero-order valence-electron chi connectivity index (χ0n) is 12.4. The van der Waals surface area contributed by atoms with Crippen LogP contribution in [0.2, 0.25) is 0 Å². The summed E-state index contributed by atoms with van der Waals surface area (Å²) in [5.41, 5.74) is 0.756. The number of nitrogens with one attached hydrogen (secondary N) is 2. The second kappa shape index (κ2) is 7.02. The second-order valence-corrected chi connectivity index (χ2v) is 5.51. The molecular formula is C15H20N6O. The lowest BCUT2D eigenvalue weighted by atomic mass is 9.96. The van der Waals surface area contributed by atoms with Gasteiger partial charge in [-0.3, -0.25) is 0 Å². The van der Waals surface area contributed by atoms with Gasteiger partial charge in [0.25, 0.3) is 0 Å². The number of benzene rings is 1. The number of rotatable bonds is 4. The van der Waals surface area contributed by atoms with Crippen molar-refractivity contribution in [1.82, 2.24) is 25.5 Å². The number of hydrogen-bond acceptors (Lipinski definition) is 4. The molecule has 0 radical (unpaired) electrons. The molecule has 0 aliphatic heterocycles. The summed E-state index contributed by atoms with van der Waals surface area (Å²) in [6.45, 7) is 0.322. The molecule has 2 aromatic rings. The number of aromatic nitrogens is 4. The highest BCUT2D eigenvalue weighted by Gasteiger charge is 2.20. The van der Waals surface area contributed by atoms with Gasteiger partial charge in [-0.1, -0.05) is 37.5 Å². The molecule has 3 rings (SSSR count). The van der Waals surface area contributed by atoms with E-state index >= 15 is 0 Å². The van der Waals surface area contributed by atoms with Crippen molar-refractivity contribution in [1.29, 1.82) is 0 Å². The standard InChI is InChI=1S/C15H20N6O/c22-15(17-12-7-3-1-4-8-12)16-11-14-18-19-20-21(14)13-9-5-2-6-10-13/h1,3-4,7-8,13H,2,5-6,9-11H2,(H2,16,17,22). The van der Waals surface area contributed by atoms with Gasteiger partial charge in [0.05, 0.1) is 12.6 Å². The molecular weight excluding hydrogens is 280 g/mol. The van der Waals surface area contributed by atoms with Crippen LogP contribution in [0.25, 0.3) is 0 Å². The Morgan fingerprint density at radius 2 is 1.95 bits per heavy atom. The number of nitrogens with zero attached hydrogens (tertiary/aromatic N) is 4. The summed E-state index contributed by atoms with van der Waals surface area (Å²) >= 11 is 0. The summed E-state index contributed by atoms with van der Waals surface area (Å²) in [6.07, 6.45) is 5.92. The van der Waals surface area contributed by atoms with Crippen LogP contribution in [-0.2, 0) is 6.54 Å². The molecule has 0 bridgehead atoms. The zero-order valence-corrected chi connectivity index (χ0v) is 12.4. The van der Waals surface area contributed by atoms with Crippen LogP contribution in [0.1, 0.15) is 44.0 Å². The molecule has 2 amide bonds. The first kappa shape index (κ1) is 14.5. The number of carbonyl (C=O) groups is 1. The van der Waals surface area contributed by atoms with E-state index in [9.17, 15) is 4.79 Å². The van der Waals surface area contributed by atoms with E-state index in [4.69, 9.17) is 0 Å². The highest BCUT2D eigenvalue weighted by atomic mass is 16.2. The van der Waals surface area contributed by atoms with Crippen molar-refractivity contribution >= 4 is 11.7 Å². The number of amides is 2. The first-order valence-corrected chi connectivity index (χ1v) is 7.69. The lowest BCUT2D eigenvalue weighted by Crippen LogP contribution is -2.30. The molecule has 1 fully saturated rings. The smallest absolute Gasteiger partial charge is 0.319 e. The van der Waals surface area contributed by atoms with Crippen molar-refractivity contribution in [2.45, 2.75) is 44.7 Å². The fourth-order valence-electron chi connectivity index (χ4n) is 2.79. The molecule has 0 atom stereocenters. The van der Waals surface area contributed by atoms with Gasteiger partial charge >= 0.3 is 6.03 Å². The van der Waals surface area contributed by atoms with Crippen molar-refractivity contribution in [3.8, 4) is 0 Å². The van der Waals surface area contributed by atoms with Crippen LogP contribution in [0.5, 0.6) is 0 Å². The van der Waals surface area contributed by atoms with E-state index in [1.165, 1.54) is 19.3 Å². The predicted molar refractivity (Wildman–Crippen MR) is 82.2 cm³/mol. The van der Waals surface area contributed by atoms with Gasteiger partial charge in [0.2, 0.25) is 0 Å². The van der Waals surface area contributed by atoms with Gasteiger partial charge in [-0.05, 0) is 35.4 Å². The van der Waals surface area contributed by atoms with Gasteiger partial charge in [-0.2, -0.15) is 0 Å². The van der Waals surface area contributed by atoms with Crippen LogP contribution in [0.3, 0.4) is 0 Å². The fourth-order valence-corrected chi connectivity index (χ4v) is 2.79. The minimum atomic E-state index is -0.260. The molecule has 7 nitrogen and oxygen atoms in total. The lowest BCUT2D eigenvalue weighted by molar-refractivity contribution is 0.250. The number of tetrazole rings is 1. The maximum Gasteiger partial charge on any atom is 0.319 e. The van der Waals surface area contributed by atoms with Gasteiger partial charge in [0.15, 0.2) is 5.82 Å². The molecule has 2 N–H and O–H groups in total. The number of para-hydroxylation sites is 1. The molecule has 1 heterocycles. The number of carbonyl (C=O) groups excluding carboxylic acids is 1. The molecule has 0 spiro atoms. The summed E-state index contributed by atoms with van der Waals surface area (Å²) in [5, 5.41) is 17.4. The van der Waals surface area contributed by atoms with Crippen LogP contribution < -0.4 is 10.6 Å². The minimum Gasteiger partial charge on any atom is -0.331 e. The van der Waals surface area contributed by atoms with Crippen LogP contribution in [-0.4, -0.2) is 26.2 Å². The second-order valence-electron chi connectivity index (χ2n) is 5.51. The summed E-state index contributed by atoms with van der Waals surface area (Å²) in [7, 11) is 0. The van der Waals surface area contributed by atoms with Crippen LogP contribution in [0.4, 0.5) is 10.5 Å². The monoisotopic (exact) mass is 300 g/mol. The number of urea groups is 1. The maximum atomic E-state index is 11.9. The summed E-state index contributed by atoms with van der Waals surface area (Å²) in [5.74, 6) is 0.704. The van der Waals surface area contributed by atoms with Crippen molar-refractivity contribution in [2.24, 2.45) is 0 Å². The molecule has 1 aromatic heterocycles. The summed E-state index contributed by atoms with van der Waals surface area (Å²) in [4.78, 5) is 11.9. The average Bonchev–Trinajstić information content (AvgIpc) is 3.03.